The summed E-state index contributed by atoms with van der Waals surface area (Å²) >= 11 is 0. The number of carboxylic acid groups (broad SMARTS) is 1. The zero-order chi connectivity index (χ0) is 39.4. The van der Waals surface area contributed by atoms with Crippen molar-refractivity contribution in [3.8, 4) is 0 Å². The van der Waals surface area contributed by atoms with Crippen LogP contribution in [0.15, 0.2) is 73.2 Å². The van der Waals surface area contributed by atoms with E-state index in [0.717, 1.165) is 11.1 Å². The minimum atomic E-state index is -1.06. The van der Waals surface area contributed by atoms with Crippen LogP contribution in [0.1, 0.15) is 116 Å². The first-order chi connectivity index (χ1) is 23.5. The van der Waals surface area contributed by atoms with Crippen molar-refractivity contribution < 1.29 is 72.0 Å². The minimum absolute atomic E-state index is 0. The summed E-state index contributed by atoms with van der Waals surface area (Å²) < 4.78 is 19.9. The van der Waals surface area contributed by atoms with Gasteiger partial charge in [-0.25, -0.2) is 14.4 Å². The fourth-order valence-electron chi connectivity index (χ4n) is 3.78. The molecule has 0 unspecified atom stereocenters. The summed E-state index contributed by atoms with van der Waals surface area (Å²) in [6.07, 6.45) is -1.79. The average Bonchev–Trinajstić information content (AvgIpc) is 3.00. The third-order valence-electron chi connectivity index (χ3n) is 6.09. The maximum atomic E-state index is 12.3. The van der Waals surface area contributed by atoms with Gasteiger partial charge in [0.1, 0.15) is 30.3 Å². The zero-order valence-electron chi connectivity index (χ0n) is 32.4. The number of alkyl carbamates (subject to hydrolysis) is 2. The molecule has 2 atom stereocenters. The van der Waals surface area contributed by atoms with E-state index in [2.05, 4.69) is 21.9 Å². The molecule has 56 heavy (non-hydrogen) atoms. The molecular formula is C42H71LiN2O11. The van der Waals surface area contributed by atoms with E-state index in [1.807, 2.05) is 60.7 Å². The van der Waals surface area contributed by atoms with E-state index in [4.69, 9.17) is 19.3 Å². The third-order valence-corrected chi connectivity index (χ3v) is 6.09. The van der Waals surface area contributed by atoms with Crippen LogP contribution in [0, 0.1) is 11.8 Å². The largest absolute Gasteiger partial charge is 1.00 e. The van der Waals surface area contributed by atoms with Crippen molar-refractivity contribution in [2.24, 2.45) is 11.8 Å². The summed E-state index contributed by atoms with van der Waals surface area (Å²) in [5.41, 5.74) is 0.535. The monoisotopic (exact) mass is 787 g/mol. The Balaban J connectivity index is -0.000000174. The van der Waals surface area contributed by atoms with Crippen LogP contribution in [-0.2, 0) is 46.5 Å². The summed E-state index contributed by atoms with van der Waals surface area (Å²) in [4.78, 5) is 58.1. The minimum Gasteiger partial charge on any atom is -0.609 e. The van der Waals surface area contributed by atoms with Gasteiger partial charge in [-0.15, -0.1) is 0 Å². The fourth-order valence-corrected chi connectivity index (χ4v) is 3.78. The molecule has 0 heterocycles. The summed E-state index contributed by atoms with van der Waals surface area (Å²) in [5.74, 6) is -2.94. The maximum Gasteiger partial charge on any atom is 1.00 e. The Hall–Kier alpha value is -4.47. The van der Waals surface area contributed by atoms with Crippen LogP contribution < -0.4 is 34.6 Å². The van der Waals surface area contributed by atoms with Gasteiger partial charge < -0.3 is 39.8 Å². The van der Waals surface area contributed by atoms with Gasteiger partial charge >= 0.3 is 43.0 Å². The number of Topliss-reactive ketones (excluding diaryl/α,β-unsaturated/α-hetero) is 1. The molecule has 0 aromatic heterocycles. The van der Waals surface area contributed by atoms with Crippen molar-refractivity contribution in [1.29, 1.82) is 0 Å². The molecule has 2 aromatic rings. The standard InChI is InChI=1S/C19H27NO5.C10H19NO4.C9H10O2.4CH4.Li/c1-13(2)17(20-18(23)25-19(3,4)5)15(21)11-16(22)24-12-14-9-7-6-8-10-14;1-6(2)7(8(12)13)11-9(14)15-10(3,4)5;1-8(10)11-7-9-5-3-2-4-6-9;;;;;/h6-10,13,17H,11-12H2,1-5H3,(H,20,23);6-7H,1-5H3,(H,11,14)(H,12,13);2-6,10H,1,7H2;4*1H4;/q;;;;;;;+1/p-1/t17-;7-;;;;;;/m00....../s1. The number of carbonyl (C=O) groups excluding carboxylic acids is 4. The van der Waals surface area contributed by atoms with E-state index in [-0.39, 0.29) is 67.0 Å². The molecule has 0 aliphatic carbocycles. The predicted octanol–water partition coefficient (Wildman–Crippen LogP) is 5.44. The van der Waals surface area contributed by atoms with Gasteiger partial charge in [0.2, 0.25) is 0 Å². The van der Waals surface area contributed by atoms with E-state index in [9.17, 15) is 29.1 Å². The number of aliphatic carboxylic acids is 1. The molecule has 2 aromatic carbocycles. The Kier molecular flexibility index (Phi) is 35.9. The second kappa shape index (κ2) is 31.7. The molecule has 0 saturated heterocycles. The summed E-state index contributed by atoms with van der Waals surface area (Å²) in [6, 6.07) is 17.0. The second-order valence-electron chi connectivity index (χ2n) is 14.0. The number of ether oxygens (including phenoxy) is 4. The summed E-state index contributed by atoms with van der Waals surface area (Å²) in [5, 5.41) is 23.9. The van der Waals surface area contributed by atoms with Gasteiger partial charge in [0.25, 0.3) is 0 Å². The molecule has 0 fully saturated rings. The first kappa shape index (κ1) is 63.5. The first-order valence-electron chi connectivity index (χ1n) is 16.5. The molecule has 14 heteroatoms. The van der Waals surface area contributed by atoms with Crippen LogP contribution in [0.5, 0.6) is 0 Å². The topological polar surface area (TPSA) is 190 Å². The van der Waals surface area contributed by atoms with Gasteiger partial charge in [0.05, 0.1) is 6.04 Å². The van der Waals surface area contributed by atoms with E-state index < -0.39 is 65.6 Å². The quantitative estimate of drug-likeness (QED) is 0.0771. The van der Waals surface area contributed by atoms with Gasteiger partial charge in [-0.2, -0.15) is 0 Å². The van der Waals surface area contributed by atoms with Crippen LogP contribution in [0.3, 0.4) is 0 Å². The number of rotatable bonds is 13. The Bertz CT molecular complexity index is 1390. The van der Waals surface area contributed by atoms with Crippen LogP contribution in [-0.4, -0.2) is 58.3 Å². The summed E-state index contributed by atoms with van der Waals surface area (Å²) in [7, 11) is 0. The van der Waals surface area contributed by atoms with Crippen LogP contribution in [0.4, 0.5) is 9.59 Å². The molecule has 0 saturated carbocycles. The van der Waals surface area contributed by atoms with Crippen molar-refractivity contribution >= 4 is 29.9 Å². The Morgan fingerprint density at radius 2 is 1.00 bits per heavy atom. The number of carbonyl (C=O) groups is 5. The number of carboxylic acids is 1. The second-order valence-corrected chi connectivity index (χ2v) is 14.0. The molecule has 3 N–H and O–H groups in total. The normalized spacial score (nSPS) is 10.9. The smallest absolute Gasteiger partial charge is 0.609 e. The number of benzene rings is 2. The van der Waals surface area contributed by atoms with E-state index in [0.29, 0.717) is 6.61 Å². The SMILES string of the molecule is C.C.C.C.C=C([O-])OCc1ccccc1.CC(C)[C@H](NC(=O)OC(C)(C)C)C(=O)CC(=O)OCc1ccccc1.CC(C)[C@H](NC(=O)OC(C)(C)C)C(=O)O.[Li+]. The number of hydrogen-bond donors (Lipinski definition) is 3. The Morgan fingerprint density at radius 1 is 0.661 bits per heavy atom. The third kappa shape index (κ3) is 32.9. The van der Waals surface area contributed by atoms with Crippen molar-refractivity contribution in [2.75, 3.05) is 0 Å². The molecule has 0 aliphatic heterocycles. The molecule has 0 aliphatic rings. The molecule has 0 spiro atoms. The number of esters is 1. The van der Waals surface area contributed by atoms with E-state index in [1.165, 1.54) is 0 Å². The number of hydrogen-bond acceptors (Lipinski definition) is 10. The van der Waals surface area contributed by atoms with Crippen molar-refractivity contribution in [3.05, 3.63) is 84.3 Å². The number of nitrogens with one attached hydrogen (secondary N) is 2. The number of ketones is 1. The zero-order valence-corrected chi connectivity index (χ0v) is 32.4. The van der Waals surface area contributed by atoms with Crippen LogP contribution in [0.2, 0.25) is 0 Å². The molecule has 0 radical (unpaired) electrons. The fraction of sp³-hybridized carbons (Fsp3) is 0.548. The molecule has 316 valence electrons. The van der Waals surface area contributed by atoms with Gasteiger partial charge in [-0.3, -0.25) is 9.59 Å². The van der Waals surface area contributed by atoms with Gasteiger partial charge in [-0.1, -0.05) is 125 Å². The van der Waals surface area contributed by atoms with Gasteiger partial charge in [0.15, 0.2) is 5.78 Å². The van der Waals surface area contributed by atoms with Crippen molar-refractivity contribution in [1.82, 2.24) is 10.6 Å². The first-order valence-corrected chi connectivity index (χ1v) is 16.5. The number of amides is 2. The predicted molar refractivity (Wildman–Crippen MR) is 217 cm³/mol. The van der Waals surface area contributed by atoms with Crippen molar-refractivity contribution in [2.45, 2.75) is 142 Å². The van der Waals surface area contributed by atoms with Gasteiger partial charge in [0, 0.05) is 12.6 Å². The summed E-state index contributed by atoms with van der Waals surface area (Å²) in [6.45, 7) is 20.9. The maximum absolute atomic E-state index is 12.3. The Labute approximate surface area is 349 Å². The molecule has 2 rings (SSSR count). The van der Waals surface area contributed by atoms with E-state index >= 15 is 0 Å². The molecule has 13 nitrogen and oxygen atoms in total. The average molecular weight is 787 g/mol. The van der Waals surface area contributed by atoms with Crippen LogP contribution >= 0.6 is 0 Å². The van der Waals surface area contributed by atoms with E-state index in [1.54, 1.807) is 69.2 Å². The molecular weight excluding hydrogens is 715 g/mol. The molecule has 0 bridgehead atoms. The Morgan fingerprint density at radius 3 is 1.30 bits per heavy atom. The molecule has 2 amide bonds. The van der Waals surface area contributed by atoms with Crippen LogP contribution in [0.25, 0.3) is 0 Å². The van der Waals surface area contributed by atoms with Crippen molar-refractivity contribution in [3.63, 3.8) is 0 Å². The van der Waals surface area contributed by atoms with Gasteiger partial charge in [-0.05, 0) is 64.5 Å².